The summed E-state index contributed by atoms with van der Waals surface area (Å²) in [6, 6.07) is 15.6. The van der Waals surface area contributed by atoms with E-state index < -0.39 is 15.9 Å². The molecule has 3 aromatic rings. The molecular formula is C20H15Cl3N2O3S. The number of carbonyl (C=O) groups excluding carboxylic acids is 1. The number of para-hydroxylation sites is 1. The van der Waals surface area contributed by atoms with E-state index in [1.165, 1.54) is 24.3 Å². The van der Waals surface area contributed by atoms with Crippen LogP contribution in [0.1, 0.15) is 15.9 Å². The third kappa shape index (κ3) is 5.03. The van der Waals surface area contributed by atoms with Gasteiger partial charge >= 0.3 is 0 Å². The zero-order valence-corrected chi connectivity index (χ0v) is 18.1. The summed E-state index contributed by atoms with van der Waals surface area (Å²) in [6.45, 7) is 1.78. The molecule has 29 heavy (non-hydrogen) atoms. The second-order valence-electron chi connectivity index (χ2n) is 6.15. The van der Waals surface area contributed by atoms with Crippen molar-refractivity contribution in [2.24, 2.45) is 0 Å². The van der Waals surface area contributed by atoms with Gasteiger partial charge in [-0.25, -0.2) is 8.42 Å². The zero-order chi connectivity index (χ0) is 21.2. The maximum absolute atomic E-state index is 12.8. The fourth-order valence-electron chi connectivity index (χ4n) is 2.51. The lowest BCUT2D eigenvalue weighted by atomic mass is 10.2. The smallest absolute Gasteiger partial charge is 0.263 e. The van der Waals surface area contributed by atoms with E-state index in [2.05, 4.69) is 10.0 Å². The molecule has 0 saturated carbocycles. The van der Waals surface area contributed by atoms with E-state index in [0.717, 1.165) is 5.56 Å². The van der Waals surface area contributed by atoms with Crippen LogP contribution in [0.15, 0.2) is 65.6 Å². The van der Waals surface area contributed by atoms with Crippen LogP contribution in [-0.4, -0.2) is 14.3 Å². The molecule has 0 aliphatic heterocycles. The number of hydrogen-bond donors (Lipinski definition) is 2. The van der Waals surface area contributed by atoms with Crippen molar-refractivity contribution in [3.63, 3.8) is 0 Å². The molecule has 0 atom stereocenters. The summed E-state index contributed by atoms with van der Waals surface area (Å²) in [5.74, 6) is -0.521. The minimum absolute atomic E-state index is 0.00262. The molecule has 0 fully saturated rings. The zero-order valence-electron chi connectivity index (χ0n) is 15.0. The molecule has 3 rings (SSSR count). The Morgan fingerprint density at radius 3 is 2.24 bits per heavy atom. The number of hydrogen-bond acceptors (Lipinski definition) is 3. The summed E-state index contributed by atoms with van der Waals surface area (Å²) < 4.78 is 28.2. The monoisotopic (exact) mass is 468 g/mol. The Kier molecular flexibility index (Phi) is 6.39. The summed E-state index contributed by atoms with van der Waals surface area (Å²) in [7, 11) is -4.01. The Morgan fingerprint density at radius 2 is 1.55 bits per heavy atom. The minimum atomic E-state index is -4.01. The van der Waals surface area contributed by atoms with Gasteiger partial charge in [0.2, 0.25) is 0 Å². The van der Waals surface area contributed by atoms with Crippen LogP contribution in [0.2, 0.25) is 15.1 Å². The molecule has 0 heterocycles. The van der Waals surface area contributed by atoms with Crippen molar-refractivity contribution in [1.82, 2.24) is 0 Å². The molecule has 9 heteroatoms. The Balaban J connectivity index is 1.89. The number of aryl methyl sites for hydroxylation is 1. The Bertz CT molecular complexity index is 1200. The van der Waals surface area contributed by atoms with Crippen LogP contribution in [-0.2, 0) is 10.0 Å². The van der Waals surface area contributed by atoms with Gasteiger partial charge in [-0.15, -0.1) is 0 Å². The van der Waals surface area contributed by atoms with Gasteiger partial charge in [0.05, 0.1) is 20.8 Å². The van der Waals surface area contributed by atoms with Crippen LogP contribution in [0.3, 0.4) is 0 Å². The maximum atomic E-state index is 12.8. The molecule has 0 aromatic heterocycles. The highest BCUT2D eigenvalue weighted by Gasteiger charge is 2.21. The molecule has 2 N–H and O–H groups in total. The first-order valence-electron chi connectivity index (χ1n) is 8.32. The molecule has 0 bridgehead atoms. The molecular weight excluding hydrogens is 455 g/mol. The Morgan fingerprint density at radius 1 is 0.862 bits per heavy atom. The molecule has 0 saturated heterocycles. The van der Waals surface area contributed by atoms with Crippen molar-refractivity contribution in [2.45, 2.75) is 11.8 Å². The summed E-state index contributed by atoms with van der Waals surface area (Å²) >= 11 is 17.9. The lowest BCUT2D eigenvalue weighted by molar-refractivity contribution is 0.102. The number of anilines is 2. The van der Waals surface area contributed by atoms with Gasteiger partial charge in [0, 0.05) is 11.3 Å². The van der Waals surface area contributed by atoms with Gasteiger partial charge in [0.1, 0.15) is 4.90 Å². The second kappa shape index (κ2) is 8.63. The minimum Gasteiger partial charge on any atom is -0.322 e. The van der Waals surface area contributed by atoms with Gasteiger partial charge in [0.15, 0.2) is 0 Å². The first kappa shape index (κ1) is 21.5. The van der Waals surface area contributed by atoms with Crippen LogP contribution in [0, 0.1) is 6.92 Å². The third-order valence-electron chi connectivity index (χ3n) is 4.05. The maximum Gasteiger partial charge on any atom is 0.263 e. The van der Waals surface area contributed by atoms with Crippen molar-refractivity contribution < 1.29 is 13.2 Å². The molecule has 3 aromatic carbocycles. The first-order chi connectivity index (χ1) is 13.7. The standard InChI is InChI=1S/C20H15Cl3N2O3S/c1-12-4-2-3-5-18(12)25-29(27,28)19-10-13(6-8-16(19)22)20(26)24-14-7-9-15(21)17(23)11-14/h2-11,25H,1H3,(H,24,26). The molecule has 1 amide bonds. The molecule has 0 aliphatic carbocycles. The average Bonchev–Trinajstić information content (AvgIpc) is 2.66. The van der Waals surface area contributed by atoms with Crippen molar-refractivity contribution in [3.05, 3.63) is 86.9 Å². The molecule has 0 aliphatic rings. The number of nitrogens with one attached hydrogen (secondary N) is 2. The molecule has 0 radical (unpaired) electrons. The lowest BCUT2D eigenvalue weighted by Crippen LogP contribution is -2.17. The predicted octanol–water partition coefficient (Wildman–Crippen LogP) is 6.01. The number of benzene rings is 3. The number of carbonyl (C=O) groups is 1. The van der Waals surface area contributed by atoms with Gasteiger partial charge in [-0.3, -0.25) is 9.52 Å². The van der Waals surface area contributed by atoms with Crippen molar-refractivity contribution in [3.8, 4) is 0 Å². The predicted molar refractivity (Wildman–Crippen MR) is 118 cm³/mol. The average molecular weight is 470 g/mol. The molecule has 0 unspecified atom stereocenters. The summed E-state index contributed by atoms with van der Waals surface area (Å²) in [5, 5.41) is 3.28. The van der Waals surface area contributed by atoms with E-state index in [1.54, 1.807) is 43.3 Å². The van der Waals surface area contributed by atoms with Crippen molar-refractivity contribution >= 4 is 62.1 Å². The highest BCUT2D eigenvalue weighted by Crippen LogP contribution is 2.28. The van der Waals surface area contributed by atoms with Crippen LogP contribution >= 0.6 is 34.8 Å². The van der Waals surface area contributed by atoms with Crippen molar-refractivity contribution in [1.29, 1.82) is 0 Å². The number of halogens is 3. The van der Waals surface area contributed by atoms with Gasteiger partial charge < -0.3 is 5.32 Å². The number of sulfonamides is 1. The van der Waals surface area contributed by atoms with Crippen LogP contribution in [0.4, 0.5) is 11.4 Å². The van der Waals surface area contributed by atoms with Crippen LogP contribution in [0.5, 0.6) is 0 Å². The summed E-state index contributed by atoms with van der Waals surface area (Å²) in [5.41, 5.74) is 1.71. The Labute approximate surface area is 183 Å². The van der Waals surface area contributed by atoms with E-state index >= 15 is 0 Å². The molecule has 5 nitrogen and oxygen atoms in total. The molecule has 150 valence electrons. The van der Waals surface area contributed by atoms with E-state index in [0.29, 0.717) is 16.4 Å². The third-order valence-corrected chi connectivity index (χ3v) is 6.64. The number of rotatable bonds is 5. The fourth-order valence-corrected chi connectivity index (χ4v) is 4.47. The van der Waals surface area contributed by atoms with Gasteiger partial charge in [-0.05, 0) is 55.0 Å². The first-order valence-corrected chi connectivity index (χ1v) is 10.9. The van der Waals surface area contributed by atoms with Gasteiger partial charge in [0.25, 0.3) is 15.9 Å². The SMILES string of the molecule is Cc1ccccc1NS(=O)(=O)c1cc(C(=O)Nc2ccc(Cl)c(Cl)c2)ccc1Cl. The largest absolute Gasteiger partial charge is 0.322 e. The lowest BCUT2D eigenvalue weighted by Gasteiger charge is -2.13. The quantitative estimate of drug-likeness (QED) is 0.480. The van der Waals surface area contributed by atoms with Crippen molar-refractivity contribution in [2.75, 3.05) is 10.0 Å². The summed E-state index contributed by atoms with van der Waals surface area (Å²) in [4.78, 5) is 12.4. The van der Waals surface area contributed by atoms with Gasteiger partial charge in [-0.2, -0.15) is 0 Å². The topological polar surface area (TPSA) is 75.3 Å². The summed E-state index contributed by atoms with van der Waals surface area (Å²) in [6.07, 6.45) is 0. The highest BCUT2D eigenvalue weighted by molar-refractivity contribution is 7.92. The van der Waals surface area contributed by atoms with E-state index in [4.69, 9.17) is 34.8 Å². The Hall–Kier alpha value is -2.25. The highest BCUT2D eigenvalue weighted by atomic mass is 35.5. The number of amides is 1. The van der Waals surface area contributed by atoms with Gasteiger partial charge in [-0.1, -0.05) is 53.0 Å². The normalized spacial score (nSPS) is 11.2. The van der Waals surface area contributed by atoms with E-state index in [9.17, 15) is 13.2 Å². The van der Waals surface area contributed by atoms with Crippen LogP contribution in [0.25, 0.3) is 0 Å². The van der Waals surface area contributed by atoms with E-state index in [-0.39, 0.29) is 20.5 Å². The van der Waals surface area contributed by atoms with Crippen LogP contribution < -0.4 is 10.0 Å². The van der Waals surface area contributed by atoms with E-state index in [1.807, 2.05) is 0 Å². The molecule has 0 spiro atoms. The second-order valence-corrected chi connectivity index (χ2v) is 9.02. The fraction of sp³-hybridized carbons (Fsp3) is 0.0500.